The predicted molar refractivity (Wildman–Crippen MR) is 78.5 cm³/mol. The second kappa shape index (κ2) is 5.74. The molecular weight excluding hydrogens is 305 g/mol. The summed E-state index contributed by atoms with van der Waals surface area (Å²) in [7, 11) is 0. The lowest BCUT2D eigenvalue weighted by Crippen LogP contribution is -2.06. The summed E-state index contributed by atoms with van der Waals surface area (Å²) in [4.78, 5) is 23.1. The highest BCUT2D eigenvalue weighted by Gasteiger charge is 2.16. The zero-order valence-corrected chi connectivity index (χ0v) is 12.2. The van der Waals surface area contributed by atoms with Crippen molar-refractivity contribution in [3.05, 3.63) is 50.1 Å². The summed E-state index contributed by atoms with van der Waals surface area (Å²) in [5.74, 6) is -0.353. The number of ketones is 1. The van der Waals surface area contributed by atoms with Gasteiger partial charge in [-0.1, -0.05) is 23.2 Å². The maximum atomic E-state index is 12.2. The average molecular weight is 314 g/mol. The lowest BCUT2D eigenvalue weighted by Gasteiger charge is -2.03. The van der Waals surface area contributed by atoms with Crippen molar-refractivity contribution in [3.8, 4) is 0 Å². The van der Waals surface area contributed by atoms with Crippen molar-refractivity contribution >= 4 is 51.9 Å². The van der Waals surface area contributed by atoms with Crippen molar-refractivity contribution in [2.45, 2.75) is 6.92 Å². The maximum Gasteiger partial charge on any atom is 0.221 e. The van der Waals surface area contributed by atoms with Crippen molar-refractivity contribution in [1.29, 1.82) is 0 Å². The van der Waals surface area contributed by atoms with E-state index in [1.807, 2.05) is 0 Å². The molecule has 1 aromatic heterocycles. The van der Waals surface area contributed by atoms with Gasteiger partial charge in [-0.05, 0) is 30.3 Å². The first-order valence-electron chi connectivity index (χ1n) is 5.34. The zero-order chi connectivity index (χ0) is 14.0. The SMILES string of the molecule is CC(=O)Nc1ccc(C(=O)c2cc(Cl)sc2Cl)cc1. The fourth-order valence-electron chi connectivity index (χ4n) is 1.56. The fourth-order valence-corrected chi connectivity index (χ4v) is 3.02. The molecule has 2 rings (SSSR count). The Morgan fingerprint density at radius 3 is 2.26 bits per heavy atom. The van der Waals surface area contributed by atoms with E-state index in [4.69, 9.17) is 23.2 Å². The van der Waals surface area contributed by atoms with E-state index in [-0.39, 0.29) is 11.7 Å². The normalized spacial score (nSPS) is 10.3. The molecule has 1 N–H and O–H groups in total. The first-order valence-corrected chi connectivity index (χ1v) is 6.92. The Morgan fingerprint density at radius 1 is 1.16 bits per heavy atom. The molecule has 6 heteroatoms. The molecule has 3 nitrogen and oxygen atoms in total. The van der Waals surface area contributed by atoms with E-state index >= 15 is 0 Å². The van der Waals surface area contributed by atoms with Gasteiger partial charge in [0.15, 0.2) is 5.78 Å². The third kappa shape index (κ3) is 3.35. The average Bonchev–Trinajstić information content (AvgIpc) is 2.68. The van der Waals surface area contributed by atoms with Gasteiger partial charge in [0, 0.05) is 18.2 Å². The summed E-state index contributed by atoms with van der Waals surface area (Å²) in [5, 5.41) is 2.63. The van der Waals surface area contributed by atoms with E-state index in [0.29, 0.717) is 25.5 Å². The van der Waals surface area contributed by atoms with Gasteiger partial charge in [-0.3, -0.25) is 9.59 Å². The van der Waals surface area contributed by atoms with Crippen LogP contribution >= 0.6 is 34.5 Å². The highest BCUT2D eigenvalue weighted by atomic mass is 35.5. The topological polar surface area (TPSA) is 46.2 Å². The number of anilines is 1. The van der Waals surface area contributed by atoms with Gasteiger partial charge in [0.25, 0.3) is 0 Å². The number of amides is 1. The summed E-state index contributed by atoms with van der Waals surface area (Å²) in [5.41, 5.74) is 1.52. The van der Waals surface area contributed by atoms with Gasteiger partial charge in [0.05, 0.1) is 9.90 Å². The molecule has 2 aromatic rings. The predicted octanol–water partition coefficient (Wildman–Crippen LogP) is 4.24. The first-order chi connectivity index (χ1) is 8.97. The highest BCUT2D eigenvalue weighted by molar-refractivity contribution is 7.20. The Balaban J connectivity index is 2.25. The summed E-state index contributed by atoms with van der Waals surface area (Å²) in [6.45, 7) is 1.42. The number of carbonyl (C=O) groups excluding carboxylic acids is 2. The quantitative estimate of drug-likeness (QED) is 0.861. The van der Waals surface area contributed by atoms with Crippen LogP contribution in [0.3, 0.4) is 0 Å². The molecule has 0 spiro atoms. The third-order valence-corrected chi connectivity index (χ3v) is 3.86. The van der Waals surface area contributed by atoms with Gasteiger partial charge in [-0.15, -0.1) is 11.3 Å². The number of hydrogen-bond acceptors (Lipinski definition) is 3. The van der Waals surface area contributed by atoms with Gasteiger partial charge in [0.1, 0.15) is 4.34 Å². The smallest absolute Gasteiger partial charge is 0.221 e. The Morgan fingerprint density at radius 2 is 1.79 bits per heavy atom. The van der Waals surface area contributed by atoms with Crippen LogP contribution in [-0.2, 0) is 4.79 Å². The molecule has 0 aliphatic heterocycles. The minimum Gasteiger partial charge on any atom is -0.326 e. The molecule has 0 fully saturated rings. The van der Waals surface area contributed by atoms with Crippen molar-refractivity contribution in [1.82, 2.24) is 0 Å². The number of rotatable bonds is 3. The second-order valence-electron chi connectivity index (χ2n) is 3.83. The summed E-state index contributed by atoms with van der Waals surface area (Å²) >= 11 is 12.9. The highest BCUT2D eigenvalue weighted by Crippen LogP contribution is 2.32. The van der Waals surface area contributed by atoms with Gasteiger partial charge in [-0.2, -0.15) is 0 Å². The fraction of sp³-hybridized carbons (Fsp3) is 0.0769. The van der Waals surface area contributed by atoms with Crippen LogP contribution in [0.1, 0.15) is 22.8 Å². The number of thiophene rings is 1. The van der Waals surface area contributed by atoms with Crippen molar-refractivity contribution in [2.24, 2.45) is 0 Å². The Bertz CT molecular complexity index is 635. The number of hydrogen-bond donors (Lipinski definition) is 1. The molecule has 0 aliphatic carbocycles. The van der Waals surface area contributed by atoms with E-state index in [1.165, 1.54) is 6.92 Å². The number of nitrogens with one attached hydrogen (secondary N) is 1. The van der Waals surface area contributed by atoms with Crippen LogP contribution in [0.25, 0.3) is 0 Å². The van der Waals surface area contributed by atoms with E-state index < -0.39 is 0 Å². The standard InChI is InChI=1S/C13H9Cl2NO2S/c1-7(17)16-9-4-2-8(3-5-9)12(18)10-6-11(14)19-13(10)15/h2-6H,1H3,(H,16,17). The van der Waals surface area contributed by atoms with Gasteiger partial charge < -0.3 is 5.32 Å². The molecule has 1 heterocycles. The van der Waals surface area contributed by atoms with Crippen molar-refractivity contribution < 1.29 is 9.59 Å². The van der Waals surface area contributed by atoms with Crippen LogP contribution in [-0.4, -0.2) is 11.7 Å². The minimum atomic E-state index is -0.192. The second-order valence-corrected chi connectivity index (χ2v) is 6.11. The van der Waals surface area contributed by atoms with Gasteiger partial charge in [-0.25, -0.2) is 0 Å². The Hall–Kier alpha value is -1.36. The van der Waals surface area contributed by atoms with Crippen molar-refractivity contribution in [2.75, 3.05) is 5.32 Å². The maximum absolute atomic E-state index is 12.2. The number of carbonyl (C=O) groups is 2. The zero-order valence-electron chi connectivity index (χ0n) is 9.87. The van der Waals surface area contributed by atoms with E-state index in [2.05, 4.69) is 5.32 Å². The first kappa shape index (κ1) is 14.1. The van der Waals surface area contributed by atoms with Crippen LogP contribution in [0, 0.1) is 0 Å². The largest absolute Gasteiger partial charge is 0.326 e. The lowest BCUT2D eigenvalue weighted by molar-refractivity contribution is -0.114. The monoisotopic (exact) mass is 313 g/mol. The molecule has 0 unspecified atom stereocenters. The summed E-state index contributed by atoms with van der Waals surface area (Å²) < 4.78 is 0.851. The minimum absolute atomic E-state index is 0.160. The van der Waals surface area contributed by atoms with Crippen LogP contribution in [0.15, 0.2) is 30.3 Å². The van der Waals surface area contributed by atoms with E-state index in [0.717, 1.165) is 11.3 Å². The molecule has 0 radical (unpaired) electrons. The molecule has 0 saturated heterocycles. The molecule has 0 aliphatic rings. The molecular formula is C13H9Cl2NO2S. The molecule has 0 bridgehead atoms. The Kier molecular flexibility index (Phi) is 4.24. The van der Waals surface area contributed by atoms with Crippen LogP contribution in [0.5, 0.6) is 0 Å². The molecule has 1 aromatic carbocycles. The Labute approximate surface area is 124 Å². The molecule has 0 atom stereocenters. The third-order valence-electron chi connectivity index (χ3n) is 2.37. The summed E-state index contributed by atoms with van der Waals surface area (Å²) in [6, 6.07) is 8.15. The molecule has 0 saturated carbocycles. The van der Waals surface area contributed by atoms with E-state index in [9.17, 15) is 9.59 Å². The molecule has 98 valence electrons. The van der Waals surface area contributed by atoms with Crippen molar-refractivity contribution in [3.63, 3.8) is 0 Å². The van der Waals surface area contributed by atoms with Gasteiger partial charge >= 0.3 is 0 Å². The lowest BCUT2D eigenvalue weighted by atomic mass is 10.1. The van der Waals surface area contributed by atoms with Gasteiger partial charge in [0.2, 0.25) is 5.91 Å². The van der Waals surface area contributed by atoms with Crippen LogP contribution in [0.4, 0.5) is 5.69 Å². The van der Waals surface area contributed by atoms with Crippen LogP contribution < -0.4 is 5.32 Å². The molecule has 1 amide bonds. The number of halogens is 2. The summed E-state index contributed by atoms with van der Waals surface area (Å²) in [6.07, 6.45) is 0. The van der Waals surface area contributed by atoms with Crippen LogP contribution in [0.2, 0.25) is 8.67 Å². The number of benzene rings is 1. The molecule has 19 heavy (non-hydrogen) atoms. The van der Waals surface area contributed by atoms with E-state index in [1.54, 1.807) is 30.3 Å².